The van der Waals surface area contributed by atoms with E-state index in [1.807, 2.05) is 6.07 Å². The number of aromatic nitrogens is 2. The fraction of sp³-hybridized carbons (Fsp3) is 0.111. The van der Waals surface area contributed by atoms with Crippen molar-refractivity contribution in [3.8, 4) is 11.8 Å². The van der Waals surface area contributed by atoms with Crippen molar-refractivity contribution in [1.29, 1.82) is 5.26 Å². The molecule has 0 atom stereocenters. The van der Waals surface area contributed by atoms with Gasteiger partial charge in [0.2, 0.25) is 5.13 Å². The van der Waals surface area contributed by atoms with E-state index in [0.717, 1.165) is 5.56 Å². The van der Waals surface area contributed by atoms with Crippen molar-refractivity contribution in [1.82, 2.24) is 10.2 Å². The molecule has 1 N–H and O–H groups in total. The fourth-order valence-corrected chi connectivity index (χ4v) is 3.70. The van der Waals surface area contributed by atoms with Crippen LogP contribution in [0.5, 0.6) is 5.75 Å². The molecule has 0 radical (unpaired) electrons. The zero-order valence-electron chi connectivity index (χ0n) is 13.9. The summed E-state index contributed by atoms with van der Waals surface area (Å²) in [5.74, 6) is 0.500. The van der Waals surface area contributed by atoms with Crippen molar-refractivity contribution in [2.24, 2.45) is 0 Å². The summed E-state index contributed by atoms with van der Waals surface area (Å²) in [5, 5.41) is 19.7. The number of hydrogen-bond donors (Lipinski definition) is 1. The summed E-state index contributed by atoms with van der Waals surface area (Å²) < 4.78 is 18.9. The maximum absolute atomic E-state index is 12.9. The van der Waals surface area contributed by atoms with Gasteiger partial charge in [0.25, 0.3) is 5.91 Å². The molecule has 3 rings (SSSR count). The first kappa shape index (κ1) is 18.8. The van der Waals surface area contributed by atoms with Gasteiger partial charge in [-0.05, 0) is 42.0 Å². The van der Waals surface area contributed by atoms with E-state index in [4.69, 9.17) is 10.00 Å². The molecule has 136 valence electrons. The molecule has 0 aliphatic rings. The van der Waals surface area contributed by atoms with Crippen LogP contribution < -0.4 is 10.1 Å². The normalized spacial score (nSPS) is 10.2. The lowest BCUT2D eigenvalue weighted by Gasteiger charge is -2.05. The average Bonchev–Trinajstić information content (AvgIpc) is 3.13. The number of hydrogen-bond acceptors (Lipinski definition) is 7. The van der Waals surface area contributed by atoms with E-state index in [2.05, 4.69) is 15.5 Å². The number of anilines is 1. The molecule has 0 unspecified atom stereocenters. The number of amides is 1. The topological polar surface area (TPSA) is 87.9 Å². The Morgan fingerprint density at radius 1 is 1.19 bits per heavy atom. The van der Waals surface area contributed by atoms with Gasteiger partial charge in [0.15, 0.2) is 10.9 Å². The maximum atomic E-state index is 12.9. The number of nitrogens with zero attached hydrogens (tertiary/aromatic N) is 3. The van der Waals surface area contributed by atoms with Crippen molar-refractivity contribution in [3.63, 3.8) is 0 Å². The van der Waals surface area contributed by atoms with Gasteiger partial charge in [-0.2, -0.15) is 5.26 Å². The highest BCUT2D eigenvalue weighted by Gasteiger charge is 2.10. The third kappa shape index (κ3) is 5.77. The van der Waals surface area contributed by atoms with Crippen LogP contribution in [0.1, 0.15) is 11.1 Å². The van der Waals surface area contributed by atoms with Gasteiger partial charge < -0.3 is 4.74 Å². The molecule has 0 saturated heterocycles. The summed E-state index contributed by atoms with van der Waals surface area (Å²) in [7, 11) is 0. The van der Waals surface area contributed by atoms with Crippen LogP contribution in [0.3, 0.4) is 0 Å². The molecule has 1 heterocycles. The number of thioether (sulfide) groups is 1. The van der Waals surface area contributed by atoms with Crippen LogP contribution in [0.4, 0.5) is 9.52 Å². The molecule has 0 aliphatic heterocycles. The van der Waals surface area contributed by atoms with E-state index in [9.17, 15) is 9.18 Å². The number of nitriles is 1. The molecule has 0 aliphatic carbocycles. The van der Waals surface area contributed by atoms with Gasteiger partial charge in [0.1, 0.15) is 11.6 Å². The minimum absolute atomic E-state index is 0.177. The number of carbonyl (C=O) groups is 1. The lowest BCUT2D eigenvalue weighted by molar-refractivity contribution is -0.118. The van der Waals surface area contributed by atoms with Crippen LogP contribution in [0.15, 0.2) is 52.9 Å². The summed E-state index contributed by atoms with van der Waals surface area (Å²) in [5.41, 5.74) is 1.49. The molecule has 2 aromatic carbocycles. The first-order valence-corrected chi connectivity index (χ1v) is 9.56. The fourth-order valence-electron chi connectivity index (χ4n) is 1.97. The largest absolute Gasteiger partial charge is 0.484 e. The van der Waals surface area contributed by atoms with Crippen molar-refractivity contribution in [2.45, 2.75) is 10.1 Å². The standard InChI is InChI=1S/C18H13FN4O2S2/c19-14-5-1-13(2-6-14)11-26-18-23-22-17(27-18)21-16(24)10-25-15-7-3-12(9-20)4-8-15/h1-8H,10-11H2,(H,21,22,24). The first-order valence-electron chi connectivity index (χ1n) is 7.76. The van der Waals surface area contributed by atoms with Crippen LogP contribution >= 0.6 is 23.1 Å². The van der Waals surface area contributed by atoms with Gasteiger partial charge in [0, 0.05) is 5.75 Å². The molecule has 9 heteroatoms. The van der Waals surface area contributed by atoms with Crippen molar-refractivity contribution in [2.75, 3.05) is 11.9 Å². The summed E-state index contributed by atoms with van der Waals surface area (Å²) in [6.07, 6.45) is 0. The molecule has 6 nitrogen and oxygen atoms in total. The van der Waals surface area contributed by atoms with Gasteiger partial charge >= 0.3 is 0 Å². The Hall–Kier alpha value is -2.96. The molecule has 27 heavy (non-hydrogen) atoms. The van der Waals surface area contributed by atoms with E-state index in [-0.39, 0.29) is 18.3 Å². The summed E-state index contributed by atoms with van der Waals surface area (Å²) in [4.78, 5) is 11.9. The van der Waals surface area contributed by atoms with E-state index >= 15 is 0 Å². The SMILES string of the molecule is N#Cc1ccc(OCC(=O)Nc2nnc(SCc3ccc(F)cc3)s2)cc1. The average molecular weight is 400 g/mol. The number of halogens is 1. The maximum Gasteiger partial charge on any atom is 0.264 e. The lowest BCUT2D eigenvalue weighted by atomic mass is 10.2. The Balaban J connectivity index is 1.45. The number of carbonyl (C=O) groups excluding carboxylic acids is 1. The van der Waals surface area contributed by atoms with Crippen molar-refractivity contribution in [3.05, 3.63) is 65.5 Å². The monoisotopic (exact) mass is 400 g/mol. The Morgan fingerprint density at radius 2 is 1.93 bits per heavy atom. The number of nitrogens with one attached hydrogen (secondary N) is 1. The van der Waals surface area contributed by atoms with Gasteiger partial charge in [-0.25, -0.2) is 4.39 Å². The second-order valence-electron chi connectivity index (χ2n) is 5.26. The van der Waals surface area contributed by atoms with E-state index in [0.29, 0.717) is 26.5 Å². The van der Waals surface area contributed by atoms with E-state index in [1.54, 1.807) is 36.4 Å². The third-order valence-electron chi connectivity index (χ3n) is 3.28. The summed E-state index contributed by atoms with van der Waals surface area (Å²) >= 11 is 2.71. The van der Waals surface area contributed by atoms with Crippen LogP contribution in [0.2, 0.25) is 0 Å². The van der Waals surface area contributed by atoms with Gasteiger partial charge in [-0.3, -0.25) is 10.1 Å². The Bertz CT molecular complexity index is 953. The third-order valence-corrected chi connectivity index (χ3v) is 5.32. The Kier molecular flexibility index (Phi) is 6.35. The van der Waals surface area contributed by atoms with Crippen molar-refractivity contribution < 1.29 is 13.9 Å². The first-order chi connectivity index (χ1) is 13.1. The zero-order chi connectivity index (χ0) is 19.1. The summed E-state index contributed by atoms with van der Waals surface area (Å²) in [6.45, 7) is -0.177. The predicted molar refractivity (Wildman–Crippen MR) is 101 cm³/mol. The second-order valence-corrected chi connectivity index (χ2v) is 7.46. The van der Waals surface area contributed by atoms with Crippen LogP contribution in [-0.2, 0) is 10.5 Å². The van der Waals surface area contributed by atoms with Gasteiger partial charge in [0.05, 0.1) is 11.6 Å². The molecule has 3 aromatic rings. The summed E-state index contributed by atoms with van der Waals surface area (Å²) in [6, 6.07) is 14.7. The number of rotatable bonds is 7. The van der Waals surface area contributed by atoms with E-state index in [1.165, 1.54) is 35.2 Å². The predicted octanol–water partition coefficient (Wildman–Crippen LogP) is 3.86. The number of ether oxygens (including phenoxy) is 1. The van der Waals surface area contributed by atoms with Gasteiger partial charge in [-0.15, -0.1) is 10.2 Å². The minimum atomic E-state index is -0.356. The molecule has 0 fully saturated rings. The quantitative estimate of drug-likeness (QED) is 0.479. The highest BCUT2D eigenvalue weighted by atomic mass is 32.2. The van der Waals surface area contributed by atoms with Crippen LogP contribution in [0.25, 0.3) is 0 Å². The Labute approximate surface area is 163 Å². The van der Waals surface area contributed by atoms with Crippen molar-refractivity contribution >= 4 is 34.1 Å². The molecule has 0 spiro atoms. The van der Waals surface area contributed by atoms with Crippen LogP contribution in [-0.4, -0.2) is 22.7 Å². The van der Waals surface area contributed by atoms with E-state index < -0.39 is 0 Å². The molecule has 1 amide bonds. The lowest BCUT2D eigenvalue weighted by Crippen LogP contribution is -2.20. The molecule has 1 aromatic heterocycles. The minimum Gasteiger partial charge on any atom is -0.484 e. The Morgan fingerprint density at radius 3 is 2.63 bits per heavy atom. The second kappa shape index (κ2) is 9.12. The molecule has 0 saturated carbocycles. The van der Waals surface area contributed by atoms with Gasteiger partial charge in [-0.1, -0.05) is 35.2 Å². The zero-order valence-corrected chi connectivity index (χ0v) is 15.5. The molecular weight excluding hydrogens is 387 g/mol. The highest BCUT2D eigenvalue weighted by Crippen LogP contribution is 2.28. The smallest absolute Gasteiger partial charge is 0.264 e. The molecule has 0 bridgehead atoms. The molecular formula is C18H13FN4O2S2. The highest BCUT2D eigenvalue weighted by molar-refractivity contribution is 8.00. The van der Waals surface area contributed by atoms with Crippen LogP contribution in [0, 0.1) is 17.1 Å². The number of benzene rings is 2.